The van der Waals surface area contributed by atoms with Gasteiger partial charge in [-0.1, -0.05) is 11.3 Å². The van der Waals surface area contributed by atoms with Gasteiger partial charge in [0.1, 0.15) is 5.82 Å². The Morgan fingerprint density at radius 3 is 2.79 bits per heavy atom. The highest BCUT2D eigenvalue weighted by atomic mass is 32.1. The van der Waals surface area contributed by atoms with Gasteiger partial charge in [0.25, 0.3) is 0 Å². The molecule has 0 spiro atoms. The van der Waals surface area contributed by atoms with E-state index in [-0.39, 0.29) is 0 Å². The fourth-order valence-electron chi connectivity index (χ4n) is 3.06. The lowest BCUT2D eigenvalue weighted by molar-refractivity contribution is 0.122. The van der Waals surface area contributed by atoms with Crippen molar-refractivity contribution in [2.45, 2.75) is 0 Å². The predicted octanol–water partition coefficient (Wildman–Crippen LogP) is 2.46. The quantitative estimate of drug-likeness (QED) is 0.564. The van der Waals surface area contributed by atoms with E-state index in [1.54, 1.807) is 4.68 Å². The lowest BCUT2D eigenvalue weighted by atomic mass is 10.1. The maximum Gasteiger partial charge on any atom is 0.212 e. The van der Waals surface area contributed by atoms with Crippen LogP contribution < -0.4 is 10.2 Å². The van der Waals surface area contributed by atoms with Crippen molar-refractivity contribution >= 4 is 38.5 Å². The Hall–Kier alpha value is -3.11. The lowest BCUT2D eigenvalue weighted by Crippen LogP contribution is -2.36. The Kier molecular flexibility index (Phi) is 4.34. The smallest absolute Gasteiger partial charge is 0.212 e. The fraction of sp³-hybridized carbons (Fsp3) is 0.278. The Bertz CT molecular complexity index is 1120. The molecule has 0 saturated carbocycles. The molecule has 0 atom stereocenters. The molecule has 0 radical (unpaired) electrons. The number of pyridine rings is 2. The molecule has 0 unspecified atom stereocenters. The molecular weight excluding hydrogens is 376 g/mol. The highest BCUT2D eigenvalue weighted by Gasteiger charge is 2.16. The Morgan fingerprint density at radius 2 is 1.96 bits per heavy atom. The SMILES string of the molecule is Cn1cc(-c2cnc3ccc(Nc4nnc(N5CCOCC5)s4)nc3c2)cn1. The Morgan fingerprint density at radius 1 is 1.07 bits per heavy atom. The van der Waals surface area contributed by atoms with Crippen molar-refractivity contribution in [2.24, 2.45) is 7.05 Å². The van der Waals surface area contributed by atoms with E-state index in [0.717, 1.165) is 53.6 Å². The number of aromatic nitrogens is 6. The molecule has 0 amide bonds. The molecule has 1 N–H and O–H groups in total. The van der Waals surface area contributed by atoms with E-state index in [0.29, 0.717) is 10.9 Å². The van der Waals surface area contributed by atoms with Gasteiger partial charge in [0.05, 0.1) is 30.4 Å². The number of anilines is 3. The largest absolute Gasteiger partial charge is 0.378 e. The van der Waals surface area contributed by atoms with Crippen molar-refractivity contribution in [3.05, 3.63) is 36.8 Å². The van der Waals surface area contributed by atoms with Crippen molar-refractivity contribution in [2.75, 3.05) is 36.5 Å². The summed E-state index contributed by atoms with van der Waals surface area (Å²) in [5.74, 6) is 0.710. The molecule has 1 fully saturated rings. The first kappa shape index (κ1) is 17.0. The minimum atomic E-state index is 0.710. The summed E-state index contributed by atoms with van der Waals surface area (Å²) in [5, 5.41) is 17.6. The highest BCUT2D eigenvalue weighted by Crippen LogP contribution is 2.28. The van der Waals surface area contributed by atoms with E-state index in [2.05, 4.69) is 35.5 Å². The average Bonchev–Trinajstić information content (AvgIpc) is 3.37. The molecule has 0 bridgehead atoms. The van der Waals surface area contributed by atoms with Gasteiger partial charge in [-0.3, -0.25) is 9.67 Å². The van der Waals surface area contributed by atoms with E-state index in [9.17, 15) is 0 Å². The molecule has 10 heteroatoms. The van der Waals surface area contributed by atoms with E-state index in [4.69, 9.17) is 4.74 Å². The van der Waals surface area contributed by atoms with Crippen LogP contribution in [-0.2, 0) is 11.8 Å². The van der Waals surface area contributed by atoms with Crippen LogP contribution in [0.2, 0.25) is 0 Å². The van der Waals surface area contributed by atoms with Crippen LogP contribution in [-0.4, -0.2) is 56.2 Å². The van der Waals surface area contributed by atoms with Crippen LogP contribution >= 0.6 is 11.3 Å². The zero-order chi connectivity index (χ0) is 18.9. The predicted molar refractivity (Wildman–Crippen MR) is 108 cm³/mol. The molecule has 5 heterocycles. The lowest BCUT2D eigenvalue weighted by Gasteiger charge is -2.25. The highest BCUT2D eigenvalue weighted by molar-refractivity contribution is 7.19. The first-order valence-electron chi connectivity index (χ1n) is 8.94. The van der Waals surface area contributed by atoms with Crippen molar-refractivity contribution < 1.29 is 4.74 Å². The third-order valence-electron chi connectivity index (χ3n) is 4.51. The number of morpholine rings is 1. The third-order valence-corrected chi connectivity index (χ3v) is 5.41. The van der Waals surface area contributed by atoms with Crippen LogP contribution in [0.15, 0.2) is 36.8 Å². The molecule has 4 aromatic heterocycles. The van der Waals surface area contributed by atoms with Gasteiger partial charge < -0.3 is 15.0 Å². The zero-order valence-corrected chi connectivity index (χ0v) is 16.1. The number of rotatable bonds is 4. The summed E-state index contributed by atoms with van der Waals surface area (Å²) < 4.78 is 7.16. The van der Waals surface area contributed by atoms with E-state index in [1.165, 1.54) is 11.3 Å². The van der Waals surface area contributed by atoms with Gasteiger partial charge in [0, 0.05) is 43.7 Å². The normalized spacial score (nSPS) is 14.5. The summed E-state index contributed by atoms with van der Waals surface area (Å²) in [4.78, 5) is 11.4. The van der Waals surface area contributed by atoms with Gasteiger partial charge >= 0.3 is 0 Å². The molecule has 142 valence electrons. The van der Waals surface area contributed by atoms with Crippen LogP contribution in [0.3, 0.4) is 0 Å². The van der Waals surface area contributed by atoms with Crippen molar-refractivity contribution in [1.82, 2.24) is 29.9 Å². The van der Waals surface area contributed by atoms with Gasteiger partial charge in [-0.2, -0.15) is 5.10 Å². The van der Waals surface area contributed by atoms with Crippen molar-refractivity contribution in [1.29, 1.82) is 0 Å². The van der Waals surface area contributed by atoms with Crippen LogP contribution in [0, 0.1) is 0 Å². The summed E-state index contributed by atoms with van der Waals surface area (Å²) in [5.41, 5.74) is 3.64. The molecule has 9 nitrogen and oxygen atoms in total. The Balaban J connectivity index is 1.39. The molecular formula is C18H18N8OS. The molecule has 0 aromatic carbocycles. The number of ether oxygens (including phenoxy) is 1. The van der Waals surface area contributed by atoms with Crippen LogP contribution in [0.5, 0.6) is 0 Å². The number of nitrogens with zero attached hydrogens (tertiary/aromatic N) is 7. The van der Waals surface area contributed by atoms with Gasteiger partial charge in [0.15, 0.2) is 0 Å². The van der Waals surface area contributed by atoms with Gasteiger partial charge in [0.2, 0.25) is 10.3 Å². The standard InChI is InChI=1S/C18H18N8OS/c1-25-11-13(10-20-25)12-8-15-14(19-9-12)2-3-16(21-15)22-17-23-24-18(28-17)26-4-6-27-7-5-26/h2-3,8-11H,4-7H2,1H3,(H,21,22,23). The first-order valence-corrected chi connectivity index (χ1v) is 9.75. The second-order valence-corrected chi connectivity index (χ2v) is 7.43. The third kappa shape index (κ3) is 3.39. The summed E-state index contributed by atoms with van der Waals surface area (Å²) in [6.07, 6.45) is 5.62. The summed E-state index contributed by atoms with van der Waals surface area (Å²) >= 11 is 1.51. The second kappa shape index (κ2) is 7.13. The molecule has 0 aliphatic carbocycles. The number of fused-ring (bicyclic) bond motifs is 1. The van der Waals surface area contributed by atoms with Crippen LogP contribution in [0.1, 0.15) is 0 Å². The molecule has 28 heavy (non-hydrogen) atoms. The second-order valence-electron chi connectivity index (χ2n) is 6.48. The molecule has 1 saturated heterocycles. The first-order chi connectivity index (χ1) is 13.7. The topological polar surface area (TPSA) is 93.9 Å². The van der Waals surface area contributed by atoms with Crippen molar-refractivity contribution in [3.8, 4) is 11.1 Å². The molecule has 5 rings (SSSR count). The zero-order valence-electron chi connectivity index (χ0n) is 15.2. The van der Waals surface area contributed by atoms with Crippen molar-refractivity contribution in [3.63, 3.8) is 0 Å². The molecule has 1 aliphatic rings. The van der Waals surface area contributed by atoms with E-state index < -0.39 is 0 Å². The maximum absolute atomic E-state index is 5.39. The summed E-state index contributed by atoms with van der Waals surface area (Å²) in [6, 6.07) is 5.86. The molecule has 4 aromatic rings. The van der Waals surface area contributed by atoms with E-state index in [1.807, 2.05) is 43.8 Å². The fourth-order valence-corrected chi connectivity index (χ4v) is 3.87. The molecule has 1 aliphatic heterocycles. The van der Waals surface area contributed by atoms with Crippen LogP contribution in [0.4, 0.5) is 16.1 Å². The monoisotopic (exact) mass is 394 g/mol. The minimum Gasteiger partial charge on any atom is -0.378 e. The van der Waals surface area contributed by atoms with Gasteiger partial charge in [-0.15, -0.1) is 10.2 Å². The number of aryl methyl sites for hydroxylation is 1. The Labute approximate surface area is 165 Å². The average molecular weight is 394 g/mol. The van der Waals surface area contributed by atoms with Gasteiger partial charge in [-0.05, 0) is 18.2 Å². The number of hydrogen-bond acceptors (Lipinski definition) is 9. The number of hydrogen-bond donors (Lipinski definition) is 1. The summed E-state index contributed by atoms with van der Waals surface area (Å²) in [6.45, 7) is 3.12. The minimum absolute atomic E-state index is 0.710. The van der Waals surface area contributed by atoms with Crippen LogP contribution in [0.25, 0.3) is 22.2 Å². The number of nitrogens with one attached hydrogen (secondary N) is 1. The maximum atomic E-state index is 5.39. The van der Waals surface area contributed by atoms with Gasteiger partial charge in [-0.25, -0.2) is 4.98 Å². The van der Waals surface area contributed by atoms with E-state index >= 15 is 0 Å². The summed E-state index contributed by atoms with van der Waals surface area (Å²) in [7, 11) is 1.89.